The fourth-order valence-electron chi connectivity index (χ4n) is 1.44. The third-order valence-corrected chi connectivity index (χ3v) is 3.40. The lowest BCUT2D eigenvalue weighted by Gasteiger charge is -2.15. The number of nitrogens with two attached hydrogens (primary N) is 1. The van der Waals surface area contributed by atoms with Gasteiger partial charge >= 0.3 is 0 Å². The molecule has 0 unspecified atom stereocenters. The van der Waals surface area contributed by atoms with E-state index in [2.05, 4.69) is 45.7 Å². The van der Waals surface area contributed by atoms with Gasteiger partial charge in [0.1, 0.15) is 5.75 Å². The summed E-state index contributed by atoms with van der Waals surface area (Å²) in [6.07, 6.45) is 0.934. The van der Waals surface area contributed by atoms with Crippen LogP contribution in [0.15, 0.2) is 21.1 Å². The average Bonchev–Trinajstić information content (AvgIpc) is 2.12. The summed E-state index contributed by atoms with van der Waals surface area (Å²) in [5.41, 5.74) is 7.09. The summed E-state index contributed by atoms with van der Waals surface area (Å²) in [6, 6.07) is 3.75. The van der Waals surface area contributed by atoms with Crippen LogP contribution in [0.4, 0.5) is 0 Å². The first kappa shape index (κ1) is 16.2. The maximum absolute atomic E-state index is 9.56. The van der Waals surface area contributed by atoms with Gasteiger partial charge in [0.05, 0.1) is 8.95 Å². The molecule has 1 aromatic carbocycles. The Kier molecular flexibility index (Phi) is 6.94. The van der Waals surface area contributed by atoms with Crippen LogP contribution in [0, 0.1) is 5.92 Å². The van der Waals surface area contributed by atoms with E-state index in [9.17, 15) is 5.11 Å². The van der Waals surface area contributed by atoms with Gasteiger partial charge in [-0.3, -0.25) is 0 Å². The number of hydrogen-bond donors (Lipinski definition) is 2. The van der Waals surface area contributed by atoms with Crippen LogP contribution in [-0.2, 0) is 0 Å². The molecule has 1 aromatic rings. The number of phenols is 1. The molecule has 3 N–H and O–H groups in total. The first-order valence-electron chi connectivity index (χ1n) is 4.85. The Morgan fingerprint density at radius 1 is 1.25 bits per heavy atom. The number of benzene rings is 1. The van der Waals surface area contributed by atoms with Gasteiger partial charge in [0.2, 0.25) is 0 Å². The second kappa shape index (κ2) is 6.84. The van der Waals surface area contributed by atoms with Crippen molar-refractivity contribution in [3.63, 3.8) is 0 Å². The molecule has 0 heterocycles. The molecule has 2 nitrogen and oxygen atoms in total. The third-order valence-electron chi connectivity index (χ3n) is 2.19. The summed E-state index contributed by atoms with van der Waals surface area (Å²) in [7, 11) is 0. The number of aromatic hydroxyl groups is 1. The average molecular weight is 374 g/mol. The molecule has 1 atom stereocenters. The van der Waals surface area contributed by atoms with Gasteiger partial charge in [-0.15, -0.1) is 12.4 Å². The first-order valence-corrected chi connectivity index (χ1v) is 6.44. The lowest BCUT2D eigenvalue weighted by Crippen LogP contribution is -2.12. The topological polar surface area (TPSA) is 46.2 Å². The van der Waals surface area contributed by atoms with Crippen molar-refractivity contribution >= 4 is 44.3 Å². The zero-order chi connectivity index (χ0) is 11.6. The summed E-state index contributed by atoms with van der Waals surface area (Å²) < 4.78 is 1.34. The molecule has 1 rings (SSSR count). The van der Waals surface area contributed by atoms with Gasteiger partial charge in [0.15, 0.2) is 0 Å². The van der Waals surface area contributed by atoms with Gasteiger partial charge < -0.3 is 10.8 Å². The second-order valence-corrected chi connectivity index (χ2v) is 5.78. The van der Waals surface area contributed by atoms with Crippen LogP contribution in [0.3, 0.4) is 0 Å². The van der Waals surface area contributed by atoms with E-state index < -0.39 is 0 Å². The number of rotatable bonds is 3. The van der Waals surface area contributed by atoms with Crippen molar-refractivity contribution in [2.24, 2.45) is 11.7 Å². The highest BCUT2D eigenvalue weighted by atomic mass is 79.9. The molecular weight excluding hydrogens is 357 g/mol. The Morgan fingerprint density at radius 3 is 2.06 bits per heavy atom. The summed E-state index contributed by atoms with van der Waals surface area (Å²) >= 11 is 6.59. The molecular formula is C11H16Br2ClNO. The standard InChI is InChI=1S/C11H15Br2NO.ClH/c1-6(2)3-10(14)7-4-8(12)11(15)9(13)5-7;/h4-6,10,15H,3,14H2,1-2H3;1H/t10-;/m1./s1. The third kappa shape index (κ3) is 4.24. The van der Waals surface area contributed by atoms with Gasteiger partial charge in [-0.05, 0) is 61.9 Å². The summed E-state index contributed by atoms with van der Waals surface area (Å²) in [5.74, 6) is 0.779. The summed E-state index contributed by atoms with van der Waals surface area (Å²) in [6.45, 7) is 4.29. The zero-order valence-corrected chi connectivity index (χ0v) is 13.2. The maximum Gasteiger partial charge on any atom is 0.143 e. The van der Waals surface area contributed by atoms with E-state index in [4.69, 9.17) is 5.73 Å². The largest absolute Gasteiger partial charge is 0.506 e. The van der Waals surface area contributed by atoms with Crippen LogP contribution in [0.1, 0.15) is 31.9 Å². The molecule has 0 saturated carbocycles. The summed E-state index contributed by atoms with van der Waals surface area (Å²) in [4.78, 5) is 0. The van der Waals surface area contributed by atoms with Gasteiger partial charge in [-0.25, -0.2) is 0 Å². The highest BCUT2D eigenvalue weighted by Gasteiger charge is 2.12. The van der Waals surface area contributed by atoms with Crippen LogP contribution in [0.5, 0.6) is 5.75 Å². The van der Waals surface area contributed by atoms with Gasteiger partial charge in [0.25, 0.3) is 0 Å². The molecule has 5 heteroatoms. The molecule has 0 aromatic heterocycles. The van der Waals surface area contributed by atoms with E-state index in [-0.39, 0.29) is 24.2 Å². The van der Waals surface area contributed by atoms with Crippen LogP contribution in [0.25, 0.3) is 0 Å². The smallest absolute Gasteiger partial charge is 0.143 e. The zero-order valence-electron chi connectivity index (χ0n) is 9.21. The van der Waals surface area contributed by atoms with Crippen molar-refractivity contribution < 1.29 is 5.11 Å². The molecule has 0 fully saturated rings. The first-order chi connectivity index (χ1) is 6.91. The second-order valence-electron chi connectivity index (χ2n) is 4.07. The molecule has 0 aliphatic heterocycles. The molecule has 0 aliphatic carbocycles. The van der Waals surface area contributed by atoms with Gasteiger partial charge in [0, 0.05) is 6.04 Å². The Labute approximate surface area is 119 Å². The highest BCUT2D eigenvalue weighted by Crippen LogP contribution is 2.35. The van der Waals surface area contributed by atoms with Crippen LogP contribution >= 0.6 is 44.3 Å². The van der Waals surface area contributed by atoms with Crippen molar-refractivity contribution in [2.45, 2.75) is 26.3 Å². The molecule has 0 bridgehead atoms. The Morgan fingerprint density at radius 2 is 1.69 bits per heavy atom. The van der Waals surface area contributed by atoms with Crippen LogP contribution in [0.2, 0.25) is 0 Å². The van der Waals surface area contributed by atoms with Crippen molar-refractivity contribution in [1.29, 1.82) is 0 Å². The van der Waals surface area contributed by atoms with Crippen molar-refractivity contribution in [3.05, 3.63) is 26.6 Å². The number of phenolic OH excluding ortho intramolecular Hbond substituents is 1. The minimum absolute atomic E-state index is 0. The fourth-order valence-corrected chi connectivity index (χ4v) is 2.67. The number of halogens is 3. The lowest BCUT2D eigenvalue weighted by atomic mass is 9.98. The van der Waals surface area contributed by atoms with Gasteiger partial charge in [-0.2, -0.15) is 0 Å². The molecule has 0 amide bonds. The normalized spacial score (nSPS) is 12.4. The van der Waals surface area contributed by atoms with Crippen LogP contribution < -0.4 is 5.73 Å². The van der Waals surface area contributed by atoms with E-state index in [1.165, 1.54) is 0 Å². The Bertz CT molecular complexity index is 335. The molecule has 92 valence electrons. The number of hydrogen-bond acceptors (Lipinski definition) is 2. The minimum atomic E-state index is 0. The van der Waals surface area contributed by atoms with Gasteiger partial charge in [-0.1, -0.05) is 13.8 Å². The molecule has 16 heavy (non-hydrogen) atoms. The molecule has 0 radical (unpaired) electrons. The predicted molar refractivity (Wildman–Crippen MR) is 77.1 cm³/mol. The monoisotopic (exact) mass is 371 g/mol. The predicted octanol–water partition coefficient (Wildman–Crippen LogP) is 4.38. The highest BCUT2D eigenvalue weighted by molar-refractivity contribution is 9.11. The Hall–Kier alpha value is 0.230. The maximum atomic E-state index is 9.56. The SMILES string of the molecule is CC(C)C[C@@H](N)c1cc(Br)c(O)c(Br)c1.Cl. The lowest BCUT2D eigenvalue weighted by molar-refractivity contribution is 0.466. The minimum Gasteiger partial charge on any atom is -0.506 e. The van der Waals surface area contributed by atoms with Crippen molar-refractivity contribution in [1.82, 2.24) is 0 Å². The quantitative estimate of drug-likeness (QED) is 0.826. The van der Waals surface area contributed by atoms with E-state index in [0.717, 1.165) is 12.0 Å². The molecule has 0 saturated heterocycles. The van der Waals surface area contributed by atoms with Crippen molar-refractivity contribution in [3.8, 4) is 5.75 Å². The fraction of sp³-hybridized carbons (Fsp3) is 0.455. The molecule has 0 spiro atoms. The van der Waals surface area contributed by atoms with Crippen molar-refractivity contribution in [2.75, 3.05) is 0 Å². The van der Waals surface area contributed by atoms with E-state index in [0.29, 0.717) is 14.9 Å². The van der Waals surface area contributed by atoms with E-state index >= 15 is 0 Å². The molecule has 0 aliphatic rings. The van der Waals surface area contributed by atoms with Crippen LogP contribution in [-0.4, -0.2) is 5.11 Å². The van der Waals surface area contributed by atoms with E-state index in [1.807, 2.05) is 12.1 Å². The summed E-state index contributed by atoms with van der Waals surface area (Å²) in [5, 5.41) is 9.56. The van der Waals surface area contributed by atoms with E-state index in [1.54, 1.807) is 0 Å². The Balaban J connectivity index is 0.00000225.